The van der Waals surface area contributed by atoms with Gasteiger partial charge in [0.1, 0.15) is 4.32 Å². The van der Waals surface area contributed by atoms with Gasteiger partial charge in [0.25, 0.3) is 5.91 Å². The van der Waals surface area contributed by atoms with E-state index in [9.17, 15) is 9.59 Å². The van der Waals surface area contributed by atoms with E-state index in [-0.39, 0.29) is 24.8 Å². The van der Waals surface area contributed by atoms with E-state index in [2.05, 4.69) is 5.32 Å². The van der Waals surface area contributed by atoms with Crippen molar-refractivity contribution in [3.63, 3.8) is 0 Å². The number of benzene rings is 2. The van der Waals surface area contributed by atoms with Gasteiger partial charge in [0.15, 0.2) is 11.5 Å². The van der Waals surface area contributed by atoms with Crippen LogP contribution < -0.4 is 19.5 Å². The quantitative estimate of drug-likeness (QED) is 0.406. The van der Waals surface area contributed by atoms with Crippen LogP contribution in [-0.4, -0.2) is 55.5 Å². The summed E-state index contributed by atoms with van der Waals surface area (Å²) in [5, 5.41) is 2.89. The Morgan fingerprint density at radius 1 is 1.09 bits per heavy atom. The first-order chi connectivity index (χ1) is 16.0. The van der Waals surface area contributed by atoms with Gasteiger partial charge in [-0.3, -0.25) is 14.5 Å². The van der Waals surface area contributed by atoms with E-state index in [4.69, 9.17) is 26.4 Å². The van der Waals surface area contributed by atoms with E-state index in [0.29, 0.717) is 38.6 Å². The lowest BCUT2D eigenvalue weighted by atomic mass is 10.1. The molecule has 1 fully saturated rings. The molecule has 0 bridgehead atoms. The largest absolute Gasteiger partial charge is 0.493 e. The highest BCUT2D eigenvalue weighted by Gasteiger charge is 2.32. The lowest BCUT2D eigenvalue weighted by molar-refractivity contribution is -0.123. The zero-order valence-electron chi connectivity index (χ0n) is 18.8. The van der Waals surface area contributed by atoms with Crippen molar-refractivity contribution in [2.45, 2.75) is 12.8 Å². The normalized spacial score (nSPS) is 14.5. The van der Waals surface area contributed by atoms with Crippen molar-refractivity contribution in [3.05, 3.63) is 58.5 Å². The molecule has 9 heteroatoms. The molecule has 7 nitrogen and oxygen atoms in total. The summed E-state index contributed by atoms with van der Waals surface area (Å²) < 4.78 is 16.5. The molecular weight excluding hydrogens is 460 g/mol. The molecular formula is C24H26N2O5S2. The Labute approximate surface area is 203 Å². The molecule has 2 aromatic carbocycles. The zero-order chi connectivity index (χ0) is 23.8. The molecule has 1 heterocycles. The summed E-state index contributed by atoms with van der Waals surface area (Å²) in [7, 11) is 4.60. The summed E-state index contributed by atoms with van der Waals surface area (Å²) in [6, 6.07) is 13.5. The van der Waals surface area contributed by atoms with Gasteiger partial charge in [-0.05, 0) is 35.8 Å². The third-order valence-corrected chi connectivity index (χ3v) is 6.38. The number of methoxy groups -OCH3 is 3. The van der Waals surface area contributed by atoms with Gasteiger partial charge < -0.3 is 19.5 Å². The second-order valence-electron chi connectivity index (χ2n) is 7.13. The minimum atomic E-state index is -0.226. The van der Waals surface area contributed by atoms with Gasteiger partial charge in [0.2, 0.25) is 11.7 Å². The Kier molecular flexibility index (Phi) is 8.73. The standard InChI is InChI=1S/C24H26N2O5S2/c1-29-18-13-17(14-19(30-2)22(18)31-3)15-20-23(28)26(24(32)33-20)12-10-21(27)25-11-9-16-7-5-4-6-8-16/h4-8,13-15H,9-12H2,1-3H3,(H,25,27)/b20-15+. The SMILES string of the molecule is COc1cc(/C=C2/SC(=S)N(CCC(=O)NCCc3ccccc3)C2=O)cc(OC)c1OC. The predicted molar refractivity (Wildman–Crippen MR) is 134 cm³/mol. The molecule has 1 saturated heterocycles. The van der Waals surface area contributed by atoms with Crippen molar-refractivity contribution in [2.24, 2.45) is 0 Å². The maximum atomic E-state index is 12.9. The van der Waals surface area contributed by atoms with E-state index < -0.39 is 0 Å². The molecule has 0 radical (unpaired) electrons. The number of thiocarbonyl (C=S) groups is 1. The molecule has 174 valence electrons. The molecule has 0 atom stereocenters. The number of hydrogen-bond acceptors (Lipinski definition) is 7. The van der Waals surface area contributed by atoms with Gasteiger partial charge in [-0.2, -0.15) is 0 Å². The summed E-state index contributed by atoms with van der Waals surface area (Å²) in [5.41, 5.74) is 1.87. The monoisotopic (exact) mass is 486 g/mol. The van der Waals surface area contributed by atoms with Gasteiger partial charge >= 0.3 is 0 Å². The van der Waals surface area contributed by atoms with Gasteiger partial charge in [0.05, 0.1) is 26.2 Å². The Hall–Kier alpha value is -3.04. The van der Waals surface area contributed by atoms with Gasteiger partial charge in [-0.25, -0.2) is 0 Å². The summed E-state index contributed by atoms with van der Waals surface area (Å²) in [5.74, 6) is 1.11. The Balaban J connectivity index is 1.60. The van der Waals surface area contributed by atoms with Crippen LogP contribution >= 0.6 is 24.0 Å². The summed E-state index contributed by atoms with van der Waals surface area (Å²) in [6.07, 6.45) is 2.66. The highest BCUT2D eigenvalue weighted by molar-refractivity contribution is 8.26. The van der Waals surface area contributed by atoms with Crippen LogP contribution in [-0.2, 0) is 16.0 Å². The fourth-order valence-electron chi connectivity index (χ4n) is 3.32. The molecule has 3 rings (SSSR count). The fourth-order valence-corrected chi connectivity index (χ4v) is 4.63. The smallest absolute Gasteiger partial charge is 0.266 e. The molecule has 0 unspecified atom stereocenters. The first-order valence-electron chi connectivity index (χ1n) is 10.3. The third kappa shape index (κ3) is 6.27. The van der Waals surface area contributed by atoms with Crippen molar-refractivity contribution in [2.75, 3.05) is 34.4 Å². The van der Waals surface area contributed by atoms with E-state index in [0.717, 1.165) is 12.0 Å². The van der Waals surface area contributed by atoms with Gasteiger partial charge in [-0.1, -0.05) is 54.3 Å². The topological polar surface area (TPSA) is 77.1 Å². The number of carbonyl (C=O) groups is 2. The van der Waals surface area contributed by atoms with Crippen molar-refractivity contribution in [1.29, 1.82) is 0 Å². The average molecular weight is 487 g/mol. The highest BCUT2D eigenvalue weighted by Crippen LogP contribution is 2.40. The molecule has 0 aliphatic carbocycles. The number of nitrogens with zero attached hydrogens (tertiary/aromatic N) is 1. The second kappa shape index (κ2) is 11.7. The van der Waals surface area contributed by atoms with Crippen LogP contribution in [0.15, 0.2) is 47.4 Å². The number of thioether (sulfide) groups is 1. The fraction of sp³-hybridized carbons (Fsp3) is 0.292. The van der Waals surface area contributed by atoms with Crippen molar-refractivity contribution in [1.82, 2.24) is 10.2 Å². The Morgan fingerprint density at radius 2 is 1.76 bits per heavy atom. The van der Waals surface area contributed by atoms with Crippen LogP contribution in [0.5, 0.6) is 17.2 Å². The number of hydrogen-bond donors (Lipinski definition) is 1. The van der Waals surface area contributed by atoms with Crippen LogP contribution in [0.4, 0.5) is 0 Å². The molecule has 0 spiro atoms. The number of nitrogens with one attached hydrogen (secondary N) is 1. The van der Waals surface area contributed by atoms with Crippen LogP contribution in [0.3, 0.4) is 0 Å². The predicted octanol–water partition coefficient (Wildman–Crippen LogP) is 3.66. The number of carbonyl (C=O) groups excluding carboxylic acids is 2. The van der Waals surface area contributed by atoms with E-state index >= 15 is 0 Å². The number of rotatable bonds is 10. The van der Waals surface area contributed by atoms with Crippen molar-refractivity contribution in [3.8, 4) is 17.2 Å². The number of amides is 2. The second-order valence-corrected chi connectivity index (χ2v) is 8.80. The van der Waals surface area contributed by atoms with Crippen LogP contribution in [0.25, 0.3) is 6.08 Å². The van der Waals surface area contributed by atoms with Crippen LogP contribution in [0, 0.1) is 0 Å². The summed E-state index contributed by atoms with van der Waals surface area (Å²) in [6.45, 7) is 0.775. The number of ether oxygens (including phenoxy) is 3. The zero-order valence-corrected chi connectivity index (χ0v) is 20.4. The molecule has 1 N–H and O–H groups in total. The Bertz CT molecular complexity index is 1030. The van der Waals surface area contributed by atoms with Crippen molar-refractivity contribution >= 4 is 46.2 Å². The maximum Gasteiger partial charge on any atom is 0.266 e. The highest BCUT2D eigenvalue weighted by atomic mass is 32.2. The lowest BCUT2D eigenvalue weighted by Crippen LogP contribution is -2.34. The van der Waals surface area contributed by atoms with E-state index in [1.807, 2.05) is 30.3 Å². The minimum Gasteiger partial charge on any atom is -0.493 e. The van der Waals surface area contributed by atoms with Gasteiger partial charge in [0, 0.05) is 19.5 Å². The van der Waals surface area contributed by atoms with Crippen LogP contribution in [0.2, 0.25) is 0 Å². The van der Waals surface area contributed by atoms with E-state index in [1.54, 1.807) is 18.2 Å². The molecule has 0 saturated carbocycles. The minimum absolute atomic E-state index is 0.117. The molecule has 2 amide bonds. The maximum absolute atomic E-state index is 12.9. The first-order valence-corrected chi connectivity index (χ1v) is 11.5. The molecule has 2 aromatic rings. The van der Waals surface area contributed by atoms with Crippen LogP contribution in [0.1, 0.15) is 17.5 Å². The Morgan fingerprint density at radius 3 is 2.36 bits per heavy atom. The molecule has 1 aliphatic heterocycles. The van der Waals surface area contributed by atoms with Gasteiger partial charge in [-0.15, -0.1) is 0 Å². The average Bonchev–Trinajstić information content (AvgIpc) is 3.09. The molecule has 1 aliphatic rings. The third-order valence-electron chi connectivity index (χ3n) is 5.00. The summed E-state index contributed by atoms with van der Waals surface area (Å²) >= 11 is 6.58. The van der Waals surface area contributed by atoms with Crippen molar-refractivity contribution < 1.29 is 23.8 Å². The summed E-state index contributed by atoms with van der Waals surface area (Å²) in [4.78, 5) is 27.0. The molecule has 33 heavy (non-hydrogen) atoms. The lowest BCUT2D eigenvalue weighted by Gasteiger charge is -2.14. The molecule has 0 aromatic heterocycles. The van der Waals surface area contributed by atoms with E-state index in [1.165, 1.54) is 38.0 Å². The first kappa shape index (κ1) is 24.6.